The van der Waals surface area contributed by atoms with E-state index in [0.29, 0.717) is 11.3 Å². The number of amides is 1. The van der Waals surface area contributed by atoms with Gasteiger partial charge in [-0.2, -0.15) is 4.31 Å². The average Bonchev–Trinajstić information content (AvgIpc) is 2.73. The monoisotopic (exact) mass is 394 g/mol. The lowest BCUT2D eigenvalue weighted by Crippen LogP contribution is -2.41. The fraction of sp³-hybridized carbons (Fsp3) is 0.278. The summed E-state index contributed by atoms with van der Waals surface area (Å²) < 4.78 is 33.4. The van der Waals surface area contributed by atoms with Crippen molar-refractivity contribution < 1.29 is 17.9 Å². The van der Waals surface area contributed by atoms with Crippen molar-refractivity contribution >= 4 is 33.2 Å². The number of para-hydroxylation sites is 1. The first kappa shape index (κ1) is 18.8. The summed E-state index contributed by atoms with van der Waals surface area (Å²) in [4.78, 5) is 14.0. The van der Waals surface area contributed by atoms with Crippen LogP contribution in [0.1, 0.15) is 18.7 Å². The van der Waals surface area contributed by atoms with Crippen LogP contribution < -0.4 is 4.90 Å². The molecule has 8 heteroatoms. The number of carbonyl (C=O) groups excluding carboxylic acids is 1. The number of anilines is 1. The molecule has 1 unspecified atom stereocenters. The van der Waals surface area contributed by atoms with Crippen LogP contribution in [0.4, 0.5) is 5.69 Å². The number of benzene rings is 2. The summed E-state index contributed by atoms with van der Waals surface area (Å²) in [6, 6.07) is 13.3. The summed E-state index contributed by atoms with van der Waals surface area (Å²) in [6.45, 7) is 1.72. The first-order valence-corrected chi connectivity index (χ1v) is 9.93. The van der Waals surface area contributed by atoms with Crippen LogP contribution in [0.2, 0.25) is 5.02 Å². The fourth-order valence-electron chi connectivity index (χ4n) is 2.94. The Hall–Kier alpha value is -1.93. The Morgan fingerprint density at radius 1 is 1.15 bits per heavy atom. The molecule has 0 aromatic heterocycles. The van der Waals surface area contributed by atoms with E-state index in [1.807, 2.05) is 0 Å². The largest absolute Gasteiger partial charge is 0.358 e. The van der Waals surface area contributed by atoms with E-state index < -0.39 is 16.3 Å². The quantitative estimate of drug-likeness (QED) is 0.799. The van der Waals surface area contributed by atoms with Gasteiger partial charge in [0, 0.05) is 19.2 Å². The Bertz CT molecular complexity index is 932. The van der Waals surface area contributed by atoms with Gasteiger partial charge in [-0.1, -0.05) is 41.9 Å². The van der Waals surface area contributed by atoms with Gasteiger partial charge in [-0.3, -0.25) is 4.79 Å². The van der Waals surface area contributed by atoms with E-state index in [4.69, 9.17) is 16.3 Å². The molecule has 0 radical (unpaired) electrons. The topological polar surface area (TPSA) is 66.9 Å². The highest BCUT2D eigenvalue weighted by atomic mass is 35.5. The van der Waals surface area contributed by atoms with E-state index in [1.165, 1.54) is 17.0 Å². The van der Waals surface area contributed by atoms with Crippen LogP contribution in [0, 0.1) is 0 Å². The summed E-state index contributed by atoms with van der Waals surface area (Å²) in [5.41, 5.74) is 1.23. The zero-order valence-electron chi connectivity index (χ0n) is 14.4. The Morgan fingerprint density at radius 3 is 2.50 bits per heavy atom. The van der Waals surface area contributed by atoms with E-state index in [1.54, 1.807) is 50.4 Å². The van der Waals surface area contributed by atoms with Gasteiger partial charge in [0.1, 0.15) is 4.90 Å². The third-order valence-corrected chi connectivity index (χ3v) is 6.53. The van der Waals surface area contributed by atoms with Crippen LogP contribution in [-0.4, -0.2) is 38.8 Å². The minimum atomic E-state index is -4.06. The third kappa shape index (κ3) is 3.23. The number of fused-ring (bicyclic) bond motifs is 1. The first-order chi connectivity index (χ1) is 12.4. The summed E-state index contributed by atoms with van der Waals surface area (Å²) in [5, 5.41) is 0.0982. The van der Waals surface area contributed by atoms with Crippen LogP contribution in [0.15, 0.2) is 53.4 Å². The van der Waals surface area contributed by atoms with Crippen molar-refractivity contribution in [3.05, 3.63) is 59.1 Å². The Labute approximate surface area is 158 Å². The van der Waals surface area contributed by atoms with Crippen LogP contribution in [0.5, 0.6) is 0 Å². The molecule has 0 N–H and O–H groups in total. The first-order valence-electron chi connectivity index (χ1n) is 8.11. The van der Waals surface area contributed by atoms with Crippen molar-refractivity contribution in [1.29, 1.82) is 0 Å². The van der Waals surface area contributed by atoms with Gasteiger partial charge in [-0.05, 0) is 25.1 Å². The zero-order chi connectivity index (χ0) is 18.9. The van der Waals surface area contributed by atoms with Gasteiger partial charge in [-0.25, -0.2) is 8.42 Å². The SMILES string of the molecule is CCOC1c2ccccc2N(C)C(=O)CN1S(=O)(=O)c1ccccc1Cl. The molecule has 0 aliphatic carbocycles. The van der Waals surface area contributed by atoms with Gasteiger partial charge in [0.15, 0.2) is 6.23 Å². The lowest BCUT2D eigenvalue weighted by molar-refractivity contribution is -0.120. The van der Waals surface area contributed by atoms with Gasteiger partial charge in [0.2, 0.25) is 15.9 Å². The standard InChI is InChI=1S/C18H19ClN2O4S/c1-3-25-18-13-8-4-6-10-15(13)20(2)17(22)12-21(18)26(23,24)16-11-7-5-9-14(16)19/h4-11,18H,3,12H2,1-2H3. The molecule has 1 atom stereocenters. The van der Waals surface area contributed by atoms with Crippen LogP contribution in [0.25, 0.3) is 0 Å². The minimum absolute atomic E-state index is 0.0544. The van der Waals surface area contributed by atoms with Crippen molar-refractivity contribution in [3.63, 3.8) is 0 Å². The molecule has 2 aromatic carbocycles. The number of sulfonamides is 1. The van der Waals surface area contributed by atoms with Gasteiger partial charge >= 0.3 is 0 Å². The van der Waals surface area contributed by atoms with Crippen molar-refractivity contribution in [1.82, 2.24) is 4.31 Å². The lowest BCUT2D eigenvalue weighted by Gasteiger charge is -2.29. The average molecular weight is 395 g/mol. The molecule has 26 heavy (non-hydrogen) atoms. The number of rotatable bonds is 4. The van der Waals surface area contributed by atoms with E-state index in [0.717, 1.165) is 4.31 Å². The van der Waals surface area contributed by atoms with Gasteiger partial charge < -0.3 is 9.64 Å². The molecule has 0 spiro atoms. The number of carbonyl (C=O) groups is 1. The van der Waals surface area contributed by atoms with E-state index in [2.05, 4.69) is 0 Å². The molecule has 0 fully saturated rings. The maximum atomic E-state index is 13.3. The maximum absolute atomic E-state index is 13.3. The van der Waals surface area contributed by atoms with Crippen LogP contribution in [0.3, 0.4) is 0 Å². The summed E-state index contributed by atoms with van der Waals surface area (Å²) >= 11 is 6.12. The van der Waals surface area contributed by atoms with E-state index in [-0.39, 0.29) is 29.0 Å². The third-order valence-electron chi connectivity index (χ3n) is 4.24. The second-order valence-electron chi connectivity index (χ2n) is 5.80. The highest BCUT2D eigenvalue weighted by molar-refractivity contribution is 7.89. The Kier molecular flexibility index (Phi) is 5.34. The molecule has 1 amide bonds. The van der Waals surface area contributed by atoms with Gasteiger partial charge in [0.25, 0.3) is 0 Å². The molecular weight excluding hydrogens is 376 g/mol. The van der Waals surface area contributed by atoms with Crippen molar-refractivity contribution in [3.8, 4) is 0 Å². The molecule has 2 aromatic rings. The summed E-state index contributed by atoms with van der Waals surface area (Å²) in [7, 11) is -2.44. The Balaban J connectivity index is 2.19. The molecule has 138 valence electrons. The molecular formula is C18H19ClN2O4S. The second kappa shape index (κ2) is 7.36. The predicted molar refractivity (Wildman–Crippen MR) is 99.6 cm³/mol. The lowest BCUT2D eigenvalue weighted by atomic mass is 10.1. The van der Waals surface area contributed by atoms with Crippen molar-refractivity contribution in [2.75, 3.05) is 25.1 Å². The summed E-state index contributed by atoms with van der Waals surface area (Å²) in [5.74, 6) is -0.352. The van der Waals surface area contributed by atoms with Crippen molar-refractivity contribution in [2.45, 2.75) is 18.0 Å². The second-order valence-corrected chi connectivity index (χ2v) is 8.07. The highest BCUT2D eigenvalue weighted by Gasteiger charge is 2.40. The van der Waals surface area contributed by atoms with Gasteiger partial charge in [-0.15, -0.1) is 0 Å². The molecule has 0 saturated heterocycles. The molecule has 0 saturated carbocycles. The van der Waals surface area contributed by atoms with E-state index >= 15 is 0 Å². The minimum Gasteiger partial charge on any atom is -0.358 e. The highest BCUT2D eigenvalue weighted by Crippen LogP contribution is 2.38. The molecule has 1 aliphatic heterocycles. The predicted octanol–water partition coefficient (Wildman–Crippen LogP) is 3.04. The van der Waals surface area contributed by atoms with Crippen molar-refractivity contribution in [2.24, 2.45) is 0 Å². The number of halogens is 1. The van der Waals surface area contributed by atoms with E-state index in [9.17, 15) is 13.2 Å². The zero-order valence-corrected chi connectivity index (χ0v) is 16.0. The fourth-order valence-corrected chi connectivity index (χ4v) is 4.89. The summed E-state index contributed by atoms with van der Waals surface area (Å²) in [6.07, 6.45) is -0.925. The number of hydrogen-bond acceptors (Lipinski definition) is 4. The number of likely N-dealkylation sites (N-methyl/N-ethyl adjacent to an activating group) is 1. The number of hydrogen-bond donors (Lipinski definition) is 0. The molecule has 6 nitrogen and oxygen atoms in total. The smallest absolute Gasteiger partial charge is 0.247 e. The molecule has 0 bridgehead atoms. The molecule has 3 rings (SSSR count). The van der Waals surface area contributed by atoms with Crippen LogP contribution in [-0.2, 0) is 19.6 Å². The molecule has 1 heterocycles. The number of nitrogens with zero attached hydrogens (tertiary/aromatic N) is 2. The molecule has 1 aliphatic rings. The van der Waals surface area contributed by atoms with Crippen LogP contribution >= 0.6 is 11.6 Å². The van der Waals surface area contributed by atoms with Gasteiger partial charge in [0.05, 0.1) is 17.3 Å². The normalized spacial score (nSPS) is 18.5. The Morgan fingerprint density at radius 2 is 1.81 bits per heavy atom. The maximum Gasteiger partial charge on any atom is 0.247 e. The number of ether oxygens (including phenoxy) is 1.